The van der Waals surface area contributed by atoms with Crippen molar-refractivity contribution in [2.24, 2.45) is 5.92 Å². The molecular weight excluding hydrogens is 244 g/mol. The standard InChI is InChI=1S/C14H18N2OS/c1-17-10-11-6-7-16(9-11)13-4-3-5-14(18-2)12(13)8-15/h3-5,11H,6-7,9-10H2,1-2H3. The van der Waals surface area contributed by atoms with Gasteiger partial charge in [0.2, 0.25) is 0 Å². The van der Waals surface area contributed by atoms with Crippen LogP contribution in [-0.2, 0) is 4.74 Å². The van der Waals surface area contributed by atoms with E-state index in [4.69, 9.17) is 4.74 Å². The van der Waals surface area contributed by atoms with Gasteiger partial charge in [-0.3, -0.25) is 0 Å². The summed E-state index contributed by atoms with van der Waals surface area (Å²) in [5.41, 5.74) is 1.88. The van der Waals surface area contributed by atoms with E-state index >= 15 is 0 Å². The molecule has 1 aliphatic rings. The van der Waals surface area contributed by atoms with Gasteiger partial charge in [0.1, 0.15) is 6.07 Å². The van der Waals surface area contributed by atoms with Crippen molar-refractivity contribution in [3.05, 3.63) is 23.8 Å². The molecule has 0 aliphatic carbocycles. The summed E-state index contributed by atoms with van der Waals surface area (Å²) in [6, 6.07) is 8.44. The third-order valence-corrected chi connectivity index (χ3v) is 4.14. The molecule has 0 spiro atoms. The van der Waals surface area contributed by atoms with Crippen molar-refractivity contribution < 1.29 is 4.74 Å². The van der Waals surface area contributed by atoms with Crippen LogP contribution in [0.25, 0.3) is 0 Å². The predicted octanol–water partition coefficient (Wildman–Crippen LogP) is 2.75. The highest BCUT2D eigenvalue weighted by atomic mass is 32.2. The van der Waals surface area contributed by atoms with Gasteiger partial charge < -0.3 is 9.64 Å². The molecule has 1 aromatic carbocycles. The Hall–Kier alpha value is -1.18. The monoisotopic (exact) mass is 262 g/mol. The van der Waals surface area contributed by atoms with Crippen LogP contribution in [0.15, 0.2) is 23.1 Å². The molecule has 0 bridgehead atoms. The predicted molar refractivity (Wildman–Crippen MR) is 75.1 cm³/mol. The van der Waals surface area contributed by atoms with E-state index in [1.807, 2.05) is 24.5 Å². The summed E-state index contributed by atoms with van der Waals surface area (Å²) in [5, 5.41) is 9.35. The minimum atomic E-state index is 0.583. The number of benzene rings is 1. The minimum absolute atomic E-state index is 0.583. The first-order chi connectivity index (χ1) is 8.80. The number of anilines is 1. The average molecular weight is 262 g/mol. The zero-order chi connectivity index (χ0) is 13.0. The molecule has 1 atom stereocenters. The Labute approximate surface area is 113 Å². The van der Waals surface area contributed by atoms with E-state index in [2.05, 4.69) is 11.0 Å². The highest BCUT2D eigenvalue weighted by Crippen LogP contribution is 2.32. The molecule has 1 aliphatic heterocycles. The molecule has 0 N–H and O–H groups in total. The average Bonchev–Trinajstić information content (AvgIpc) is 2.86. The van der Waals surface area contributed by atoms with Gasteiger partial charge in [0.05, 0.1) is 17.9 Å². The Morgan fingerprint density at radius 1 is 1.56 bits per heavy atom. The number of thioether (sulfide) groups is 1. The van der Waals surface area contributed by atoms with Crippen LogP contribution in [0.1, 0.15) is 12.0 Å². The maximum absolute atomic E-state index is 9.35. The maximum atomic E-state index is 9.35. The second-order valence-corrected chi connectivity index (χ2v) is 5.37. The van der Waals surface area contributed by atoms with Gasteiger partial charge in [0.25, 0.3) is 0 Å². The first kappa shape index (κ1) is 13.3. The van der Waals surface area contributed by atoms with Crippen molar-refractivity contribution in [3.8, 4) is 6.07 Å². The van der Waals surface area contributed by atoms with Crippen molar-refractivity contribution in [2.75, 3.05) is 38.0 Å². The van der Waals surface area contributed by atoms with Gasteiger partial charge in [-0.2, -0.15) is 5.26 Å². The summed E-state index contributed by atoms with van der Waals surface area (Å²) in [6.45, 7) is 2.81. The van der Waals surface area contributed by atoms with E-state index < -0.39 is 0 Å². The van der Waals surface area contributed by atoms with E-state index in [-0.39, 0.29) is 0 Å². The van der Waals surface area contributed by atoms with Crippen molar-refractivity contribution in [1.29, 1.82) is 5.26 Å². The van der Waals surface area contributed by atoms with Crippen LogP contribution in [0.5, 0.6) is 0 Å². The Bertz CT molecular complexity index is 456. The highest BCUT2D eigenvalue weighted by molar-refractivity contribution is 7.98. The van der Waals surface area contributed by atoms with Crippen molar-refractivity contribution in [2.45, 2.75) is 11.3 Å². The summed E-state index contributed by atoms with van der Waals surface area (Å²) in [4.78, 5) is 3.37. The molecule has 1 saturated heterocycles. The zero-order valence-electron chi connectivity index (χ0n) is 10.8. The van der Waals surface area contributed by atoms with Gasteiger partial charge in [-0.25, -0.2) is 0 Å². The summed E-state index contributed by atoms with van der Waals surface area (Å²) >= 11 is 1.63. The molecule has 0 radical (unpaired) electrons. The zero-order valence-corrected chi connectivity index (χ0v) is 11.7. The molecule has 1 fully saturated rings. The van der Waals surface area contributed by atoms with Crippen LogP contribution in [0.2, 0.25) is 0 Å². The molecule has 18 heavy (non-hydrogen) atoms. The lowest BCUT2D eigenvalue weighted by atomic mass is 10.1. The lowest BCUT2D eigenvalue weighted by Crippen LogP contribution is -2.22. The Morgan fingerprint density at radius 2 is 2.39 bits per heavy atom. The fraction of sp³-hybridized carbons (Fsp3) is 0.500. The topological polar surface area (TPSA) is 36.3 Å². The van der Waals surface area contributed by atoms with Crippen LogP contribution < -0.4 is 4.90 Å². The van der Waals surface area contributed by atoms with E-state index in [1.165, 1.54) is 0 Å². The molecule has 0 aromatic heterocycles. The van der Waals surface area contributed by atoms with Crippen molar-refractivity contribution >= 4 is 17.4 Å². The number of methoxy groups -OCH3 is 1. The third-order valence-electron chi connectivity index (χ3n) is 3.36. The first-order valence-corrected chi connectivity index (χ1v) is 7.33. The second kappa shape index (κ2) is 6.12. The molecule has 0 amide bonds. The van der Waals surface area contributed by atoms with Gasteiger partial charge in [0.15, 0.2) is 0 Å². The second-order valence-electron chi connectivity index (χ2n) is 4.52. The SMILES string of the molecule is COCC1CCN(c2cccc(SC)c2C#N)C1. The van der Waals surface area contributed by atoms with Gasteiger partial charge in [-0.15, -0.1) is 11.8 Å². The van der Waals surface area contributed by atoms with Gasteiger partial charge in [-0.1, -0.05) is 6.07 Å². The van der Waals surface area contributed by atoms with Gasteiger partial charge in [-0.05, 0) is 24.8 Å². The summed E-state index contributed by atoms with van der Waals surface area (Å²) in [5.74, 6) is 0.583. The molecule has 96 valence electrons. The normalized spacial score (nSPS) is 18.9. The molecule has 2 rings (SSSR count). The van der Waals surface area contributed by atoms with Crippen LogP contribution in [-0.4, -0.2) is 33.1 Å². The van der Waals surface area contributed by atoms with E-state index in [0.29, 0.717) is 5.92 Å². The van der Waals surface area contributed by atoms with Crippen LogP contribution in [0.3, 0.4) is 0 Å². The Morgan fingerprint density at radius 3 is 3.06 bits per heavy atom. The van der Waals surface area contributed by atoms with E-state index in [9.17, 15) is 5.26 Å². The molecule has 4 heteroatoms. The lowest BCUT2D eigenvalue weighted by molar-refractivity contribution is 0.161. The molecule has 1 aromatic rings. The van der Waals surface area contributed by atoms with Gasteiger partial charge >= 0.3 is 0 Å². The smallest absolute Gasteiger partial charge is 0.103 e. The summed E-state index contributed by atoms with van der Waals surface area (Å²) in [6.07, 6.45) is 3.15. The molecule has 3 nitrogen and oxygen atoms in total. The van der Waals surface area contributed by atoms with Crippen LogP contribution in [0, 0.1) is 17.2 Å². The molecule has 1 heterocycles. The minimum Gasteiger partial charge on any atom is -0.384 e. The molecule has 0 saturated carbocycles. The highest BCUT2D eigenvalue weighted by Gasteiger charge is 2.24. The number of nitriles is 1. The van der Waals surface area contributed by atoms with E-state index in [1.54, 1.807) is 18.9 Å². The van der Waals surface area contributed by atoms with Crippen molar-refractivity contribution in [1.82, 2.24) is 0 Å². The fourth-order valence-corrected chi connectivity index (χ4v) is 3.06. The fourth-order valence-electron chi connectivity index (χ4n) is 2.49. The van der Waals surface area contributed by atoms with Crippen molar-refractivity contribution in [3.63, 3.8) is 0 Å². The van der Waals surface area contributed by atoms with Crippen LogP contribution >= 0.6 is 11.8 Å². The Balaban J connectivity index is 2.22. The summed E-state index contributed by atoms with van der Waals surface area (Å²) < 4.78 is 5.22. The molecular formula is C14H18N2OS. The van der Waals surface area contributed by atoms with E-state index in [0.717, 1.165) is 42.3 Å². The third kappa shape index (κ3) is 2.63. The lowest BCUT2D eigenvalue weighted by Gasteiger charge is -2.21. The van der Waals surface area contributed by atoms with Crippen LogP contribution in [0.4, 0.5) is 5.69 Å². The largest absolute Gasteiger partial charge is 0.384 e. The number of hydrogen-bond acceptors (Lipinski definition) is 4. The summed E-state index contributed by atoms with van der Waals surface area (Å²) in [7, 11) is 1.75. The Kier molecular flexibility index (Phi) is 4.51. The maximum Gasteiger partial charge on any atom is 0.103 e. The first-order valence-electron chi connectivity index (χ1n) is 6.11. The molecule has 1 unspecified atom stereocenters. The quantitative estimate of drug-likeness (QED) is 0.782. The number of ether oxygens (including phenoxy) is 1. The van der Waals surface area contributed by atoms with Gasteiger partial charge in [0, 0.05) is 31.0 Å². The number of nitrogens with zero attached hydrogens (tertiary/aromatic N) is 2. The number of hydrogen-bond donors (Lipinski definition) is 0. The number of rotatable bonds is 4.